The summed E-state index contributed by atoms with van der Waals surface area (Å²) in [5.74, 6) is 0.498. The Labute approximate surface area is 68.3 Å². The zero-order chi connectivity index (χ0) is 8.91. The molecule has 0 saturated heterocycles. The predicted molar refractivity (Wildman–Crippen MR) is 49.4 cm³/mol. The van der Waals surface area contributed by atoms with Crippen LogP contribution in [0.4, 0.5) is 8.78 Å². The third-order valence-electron chi connectivity index (χ3n) is 1.54. The molecule has 0 aliphatic rings. The average Bonchev–Trinajstić information content (AvgIpc) is 2.00. The van der Waals surface area contributed by atoms with Gasteiger partial charge in [0.1, 0.15) is 0 Å². The minimum absolute atomic E-state index is 0.0517. The number of halogens is 2. The predicted octanol–water partition coefficient (Wildman–Crippen LogP) is 3.36. The molecule has 66 valence electrons. The van der Waals surface area contributed by atoms with Crippen molar-refractivity contribution in [1.82, 2.24) is 0 Å². The maximum atomic E-state index is 11.8. The summed E-state index contributed by atoms with van der Waals surface area (Å²) in [6.45, 7) is 7.20. The molecule has 0 unspecified atom stereocenters. The lowest BCUT2D eigenvalue weighted by atomic mass is 10.5. The van der Waals surface area contributed by atoms with Crippen LogP contribution in [0.15, 0.2) is 24.0 Å². The van der Waals surface area contributed by atoms with E-state index in [1.54, 1.807) is 10.8 Å². The minimum atomic E-state index is -2.21. The van der Waals surface area contributed by atoms with Gasteiger partial charge in [0, 0.05) is 6.42 Å². The molecule has 0 fully saturated rings. The Morgan fingerprint density at radius 2 is 1.82 bits per heavy atom. The van der Waals surface area contributed by atoms with Gasteiger partial charge in [0.2, 0.25) is 6.43 Å². The summed E-state index contributed by atoms with van der Waals surface area (Å²) >= 11 is 0. The van der Waals surface area contributed by atoms with E-state index in [-0.39, 0.29) is 6.42 Å². The largest absolute Gasteiger partial charge is 0.239 e. The quantitative estimate of drug-likeness (QED) is 0.608. The third-order valence-corrected chi connectivity index (χ3v) is 4.18. The first-order valence-electron chi connectivity index (χ1n) is 3.33. The molecule has 3 heteroatoms. The Morgan fingerprint density at radius 3 is 2.09 bits per heavy atom. The molecule has 0 atom stereocenters. The summed E-state index contributed by atoms with van der Waals surface area (Å²) in [5, 5.41) is 3.48. The highest BCUT2D eigenvalue weighted by Crippen LogP contribution is 2.46. The van der Waals surface area contributed by atoms with Crippen LogP contribution in [0.3, 0.4) is 0 Å². The van der Waals surface area contributed by atoms with Crippen LogP contribution in [0.25, 0.3) is 0 Å². The number of hydrogen-bond acceptors (Lipinski definition) is 0. The van der Waals surface area contributed by atoms with Crippen molar-refractivity contribution < 1.29 is 8.78 Å². The molecule has 0 spiro atoms. The second-order valence-corrected chi connectivity index (χ2v) is 5.98. The molecule has 0 saturated carbocycles. The molecule has 11 heavy (non-hydrogen) atoms. The van der Waals surface area contributed by atoms with E-state index in [2.05, 4.69) is 13.2 Å². The van der Waals surface area contributed by atoms with Crippen molar-refractivity contribution in [2.45, 2.75) is 12.8 Å². The van der Waals surface area contributed by atoms with Gasteiger partial charge < -0.3 is 0 Å². The molecule has 0 aromatic carbocycles. The van der Waals surface area contributed by atoms with Crippen molar-refractivity contribution in [3.8, 4) is 0 Å². The molecule has 0 amide bonds. The highest BCUT2D eigenvalue weighted by atomic mass is 32.3. The van der Waals surface area contributed by atoms with E-state index in [9.17, 15) is 8.78 Å². The van der Waals surface area contributed by atoms with Crippen LogP contribution in [0.5, 0.6) is 0 Å². The van der Waals surface area contributed by atoms with Gasteiger partial charge in [-0.15, -0.1) is 0 Å². The fourth-order valence-corrected chi connectivity index (χ4v) is 1.73. The van der Waals surface area contributed by atoms with Crippen LogP contribution in [0.1, 0.15) is 6.42 Å². The van der Waals surface area contributed by atoms with Gasteiger partial charge in [-0.25, -0.2) is 18.8 Å². The van der Waals surface area contributed by atoms with Crippen LogP contribution in [-0.2, 0) is 0 Å². The van der Waals surface area contributed by atoms with E-state index in [0.29, 0.717) is 5.75 Å². The maximum absolute atomic E-state index is 11.8. The van der Waals surface area contributed by atoms with Crippen molar-refractivity contribution in [1.29, 1.82) is 0 Å². The summed E-state index contributed by atoms with van der Waals surface area (Å²) in [6.07, 6.45) is -0.332. The fourth-order valence-electron chi connectivity index (χ4n) is 0.578. The zero-order valence-corrected chi connectivity index (χ0v) is 7.54. The normalized spacial score (nSPS) is 13.1. The first-order valence-corrected chi connectivity index (χ1v) is 5.67. The van der Waals surface area contributed by atoms with Crippen LogP contribution >= 0.6 is 10.0 Å². The van der Waals surface area contributed by atoms with Gasteiger partial charge >= 0.3 is 0 Å². The Morgan fingerprint density at radius 1 is 1.36 bits per heavy atom. The van der Waals surface area contributed by atoms with Gasteiger partial charge in [-0.2, -0.15) is 0 Å². The highest BCUT2D eigenvalue weighted by molar-refractivity contribution is 8.37. The Balaban J connectivity index is 3.88. The number of hydrogen-bond donors (Lipinski definition) is 0. The zero-order valence-electron chi connectivity index (χ0n) is 6.72. The summed E-state index contributed by atoms with van der Waals surface area (Å²) < 4.78 is 23.6. The molecule has 0 aromatic heterocycles. The topological polar surface area (TPSA) is 0 Å². The molecular formula is C8H14F2S. The van der Waals surface area contributed by atoms with Crippen LogP contribution in [0, 0.1) is 0 Å². The van der Waals surface area contributed by atoms with Gasteiger partial charge in [-0.3, -0.25) is 0 Å². The molecule has 0 radical (unpaired) electrons. The summed E-state index contributed by atoms with van der Waals surface area (Å²) in [6, 6.07) is 0. The Bertz CT molecular complexity index is 135. The lowest BCUT2D eigenvalue weighted by Crippen LogP contribution is -2.01. The molecule has 0 nitrogen and oxygen atoms in total. The molecule has 0 aliphatic heterocycles. The van der Waals surface area contributed by atoms with Gasteiger partial charge in [-0.1, -0.05) is 24.0 Å². The SMILES string of the molecule is C=CS(C)(C=C)CCC(F)F. The summed E-state index contributed by atoms with van der Waals surface area (Å²) in [7, 11) is -1.16. The molecular weight excluding hydrogens is 166 g/mol. The van der Waals surface area contributed by atoms with Crippen LogP contribution < -0.4 is 0 Å². The monoisotopic (exact) mass is 180 g/mol. The van der Waals surface area contributed by atoms with Crippen LogP contribution in [0.2, 0.25) is 0 Å². The summed E-state index contributed by atoms with van der Waals surface area (Å²) in [5.41, 5.74) is 0. The lowest BCUT2D eigenvalue weighted by Gasteiger charge is -2.27. The number of alkyl halides is 2. The highest BCUT2D eigenvalue weighted by Gasteiger charge is 2.12. The van der Waals surface area contributed by atoms with Crippen molar-refractivity contribution >= 4 is 10.0 Å². The second kappa shape index (κ2) is 4.54. The molecule has 0 bridgehead atoms. The molecule has 0 heterocycles. The Kier molecular flexibility index (Phi) is 4.42. The third kappa shape index (κ3) is 4.19. The van der Waals surface area contributed by atoms with Crippen molar-refractivity contribution in [3.05, 3.63) is 24.0 Å². The van der Waals surface area contributed by atoms with E-state index >= 15 is 0 Å². The van der Waals surface area contributed by atoms with E-state index in [1.807, 2.05) is 6.26 Å². The Hall–Kier alpha value is -0.310. The van der Waals surface area contributed by atoms with Gasteiger partial charge in [0.05, 0.1) is 0 Å². The molecule has 0 aromatic rings. The smallest absolute Gasteiger partial charge is 0.211 e. The standard InChI is InChI=1S/C8H14F2S/c1-4-11(3,5-2)7-6-8(9)10/h4-5,8H,1-2,6-7H2,3H3. The maximum Gasteiger partial charge on any atom is 0.239 e. The fraction of sp³-hybridized carbons (Fsp3) is 0.500. The molecule has 0 aliphatic carbocycles. The summed E-state index contributed by atoms with van der Waals surface area (Å²) in [4.78, 5) is 0. The van der Waals surface area contributed by atoms with E-state index in [0.717, 1.165) is 0 Å². The van der Waals surface area contributed by atoms with Crippen molar-refractivity contribution in [3.63, 3.8) is 0 Å². The van der Waals surface area contributed by atoms with E-state index in [4.69, 9.17) is 0 Å². The van der Waals surface area contributed by atoms with Crippen molar-refractivity contribution in [2.24, 2.45) is 0 Å². The van der Waals surface area contributed by atoms with Crippen molar-refractivity contribution in [2.75, 3.05) is 12.0 Å². The van der Waals surface area contributed by atoms with E-state index < -0.39 is 16.5 Å². The van der Waals surface area contributed by atoms with Gasteiger partial charge in [0.15, 0.2) is 0 Å². The average molecular weight is 180 g/mol. The molecule has 0 rings (SSSR count). The van der Waals surface area contributed by atoms with Gasteiger partial charge in [-0.05, 0) is 12.0 Å². The minimum Gasteiger partial charge on any atom is -0.211 e. The van der Waals surface area contributed by atoms with E-state index in [1.165, 1.54) is 0 Å². The molecule has 0 N–H and O–H groups in total. The second-order valence-electron chi connectivity index (χ2n) is 2.45. The van der Waals surface area contributed by atoms with Crippen LogP contribution in [-0.4, -0.2) is 18.4 Å². The first-order chi connectivity index (χ1) is 5.04. The van der Waals surface area contributed by atoms with Gasteiger partial charge in [0.25, 0.3) is 0 Å². The lowest BCUT2D eigenvalue weighted by molar-refractivity contribution is 0.145. The number of rotatable bonds is 5. The first kappa shape index (κ1) is 10.7.